The number of nitrogen functional groups attached to an aromatic ring is 1. The highest BCUT2D eigenvalue weighted by Gasteiger charge is 2.29. The number of pyridine rings is 2. The van der Waals surface area contributed by atoms with E-state index in [4.69, 9.17) is 5.73 Å². The quantitative estimate of drug-likeness (QED) is 0.529. The van der Waals surface area contributed by atoms with Crippen molar-refractivity contribution < 1.29 is 0 Å². The van der Waals surface area contributed by atoms with Gasteiger partial charge in [0.15, 0.2) is 5.69 Å². The third-order valence-electron chi connectivity index (χ3n) is 6.31. The molecule has 4 aromatic heterocycles. The van der Waals surface area contributed by atoms with E-state index in [1.807, 2.05) is 52.8 Å². The van der Waals surface area contributed by atoms with Crippen molar-refractivity contribution in [2.75, 3.05) is 5.73 Å². The van der Waals surface area contributed by atoms with Crippen LogP contribution in [0.1, 0.15) is 44.0 Å². The summed E-state index contributed by atoms with van der Waals surface area (Å²) < 4.78 is 4.00. The largest absolute Gasteiger partial charge is 0.396 e. The molecule has 7 heteroatoms. The van der Waals surface area contributed by atoms with Gasteiger partial charge in [0.2, 0.25) is 0 Å². The molecule has 0 saturated heterocycles. The van der Waals surface area contributed by atoms with Crippen LogP contribution < -0.4 is 5.73 Å². The number of nitrogens with zero attached hydrogens (tertiary/aromatic N) is 6. The van der Waals surface area contributed by atoms with Crippen LogP contribution >= 0.6 is 0 Å². The van der Waals surface area contributed by atoms with E-state index >= 15 is 0 Å². The molecule has 31 heavy (non-hydrogen) atoms. The van der Waals surface area contributed by atoms with Crippen molar-refractivity contribution in [1.82, 2.24) is 24.1 Å². The van der Waals surface area contributed by atoms with Crippen LogP contribution in [-0.4, -0.2) is 24.1 Å². The van der Waals surface area contributed by atoms with Crippen molar-refractivity contribution >= 4 is 11.3 Å². The Morgan fingerprint density at radius 3 is 2.74 bits per heavy atom. The lowest BCUT2D eigenvalue weighted by molar-refractivity contribution is 0.268. The van der Waals surface area contributed by atoms with Crippen molar-refractivity contribution in [1.29, 1.82) is 5.26 Å². The fourth-order valence-electron chi connectivity index (χ4n) is 4.68. The molecule has 1 saturated carbocycles. The van der Waals surface area contributed by atoms with E-state index in [0.29, 0.717) is 16.8 Å². The maximum absolute atomic E-state index is 9.49. The zero-order valence-electron chi connectivity index (χ0n) is 17.8. The van der Waals surface area contributed by atoms with E-state index in [1.54, 1.807) is 0 Å². The first kappa shape index (κ1) is 19.3. The Balaban J connectivity index is 1.60. The van der Waals surface area contributed by atoms with Gasteiger partial charge in [0.1, 0.15) is 11.7 Å². The number of fused-ring (bicyclic) bond motifs is 1. The fraction of sp³-hybridized carbons (Fsp3) is 0.333. The highest BCUT2D eigenvalue weighted by molar-refractivity contribution is 5.84. The molecule has 0 atom stereocenters. The summed E-state index contributed by atoms with van der Waals surface area (Å²) in [6, 6.07) is 7.91. The van der Waals surface area contributed by atoms with Gasteiger partial charge in [0.05, 0.1) is 23.3 Å². The molecule has 0 radical (unpaired) electrons. The zero-order chi connectivity index (χ0) is 21.6. The van der Waals surface area contributed by atoms with Gasteiger partial charge in [-0.05, 0) is 43.4 Å². The highest BCUT2D eigenvalue weighted by Crippen LogP contribution is 2.39. The number of nitriles is 1. The van der Waals surface area contributed by atoms with Crippen molar-refractivity contribution in [2.45, 2.75) is 46.1 Å². The molecule has 2 N–H and O–H groups in total. The van der Waals surface area contributed by atoms with Crippen LogP contribution in [0.3, 0.4) is 0 Å². The minimum atomic E-state index is 0.226. The van der Waals surface area contributed by atoms with Gasteiger partial charge in [-0.2, -0.15) is 10.4 Å². The predicted molar refractivity (Wildman–Crippen MR) is 120 cm³/mol. The minimum Gasteiger partial charge on any atom is -0.396 e. The summed E-state index contributed by atoms with van der Waals surface area (Å²) in [7, 11) is 0. The normalized spacial score (nSPS) is 15.4. The van der Waals surface area contributed by atoms with E-state index in [-0.39, 0.29) is 5.69 Å². The Morgan fingerprint density at radius 2 is 1.97 bits per heavy atom. The molecule has 5 rings (SSSR count). The van der Waals surface area contributed by atoms with Crippen LogP contribution in [0.25, 0.3) is 28.0 Å². The zero-order valence-corrected chi connectivity index (χ0v) is 17.8. The highest BCUT2D eigenvalue weighted by atomic mass is 15.3. The summed E-state index contributed by atoms with van der Waals surface area (Å²) in [6.07, 6.45) is 12.9. The number of anilines is 1. The molecular weight excluding hydrogens is 386 g/mol. The van der Waals surface area contributed by atoms with Crippen molar-refractivity contribution in [3.05, 3.63) is 54.4 Å². The predicted octanol–water partition coefficient (Wildman–Crippen LogP) is 4.60. The summed E-state index contributed by atoms with van der Waals surface area (Å²) >= 11 is 0. The van der Waals surface area contributed by atoms with E-state index in [0.717, 1.165) is 34.6 Å². The average Bonchev–Trinajstić information content (AvgIpc) is 3.47. The molecule has 0 unspecified atom stereocenters. The van der Waals surface area contributed by atoms with Gasteiger partial charge in [-0.1, -0.05) is 19.8 Å². The van der Waals surface area contributed by atoms with Gasteiger partial charge in [-0.3, -0.25) is 4.68 Å². The average molecular weight is 412 g/mol. The van der Waals surface area contributed by atoms with Crippen LogP contribution in [0.5, 0.6) is 0 Å². The third-order valence-corrected chi connectivity index (χ3v) is 6.31. The number of imidazole rings is 1. The van der Waals surface area contributed by atoms with Gasteiger partial charge in [-0.25, -0.2) is 9.97 Å². The molecule has 1 fully saturated rings. The SMILES string of the molecule is Cc1cn2ccc(-c3nc(C#N)c(N)cc3-c3cnn(CC4(C)CCCC4)c3)cc2n1. The van der Waals surface area contributed by atoms with Gasteiger partial charge >= 0.3 is 0 Å². The lowest BCUT2D eigenvalue weighted by Gasteiger charge is -2.22. The second kappa shape index (κ2) is 7.24. The lowest BCUT2D eigenvalue weighted by Crippen LogP contribution is -2.19. The second-order valence-corrected chi connectivity index (χ2v) is 8.94. The van der Waals surface area contributed by atoms with E-state index < -0.39 is 0 Å². The van der Waals surface area contributed by atoms with E-state index in [2.05, 4.69) is 34.3 Å². The summed E-state index contributed by atoms with van der Waals surface area (Å²) in [5.74, 6) is 0. The molecule has 0 amide bonds. The van der Waals surface area contributed by atoms with E-state index in [9.17, 15) is 5.26 Å². The van der Waals surface area contributed by atoms with Crippen LogP contribution in [0, 0.1) is 23.7 Å². The summed E-state index contributed by atoms with van der Waals surface area (Å²) in [6.45, 7) is 5.21. The van der Waals surface area contributed by atoms with Crippen LogP contribution in [0.15, 0.2) is 43.0 Å². The molecular formula is C24H25N7. The molecule has 0 aromatic carbocycles. The van der Waals surface area contributed by atoms with Crippen LogP contribution in [0.2, 0.25) is 0 Å². The molecule has 4 aromatic rings. The fourth-order valence-corrected chi connectivity index (χ4v) is 4.68. The lowest BCUT2D eigenvalue weighted by atomic mass is 9.89. The Labute approximate surface area is 181 Å². The van der Waals surface area contributed by atoms with Crippen molar-refractivity contribution in [2.24, 2.45) is 5.41 Å². The van der Waals surface area contributed by atoms with Gasteiger partial charge in [0, 0.05) is 41.8 Å². The number of aryl methyl sites for hydroxylation is 1. The monoisotopic (exact) mass is 411 g/mol. The topological polar surface area (TPSA) is 97.8 Å². The Kier molecular flexibility index (Phi) is 4.51. The van der Waals surface area contributed by atoms with Crippen LogP contribution in [-0.2, 0) is 6.54 Å². The van der Waals surface area contributed by atoms with Gasteiger partial charge < -0.3 is 10.1 Å². The molecule has 1 aliphatic carbocycles. The minimum absolute atomic E-state index is 0.226. The molecule has 156 valence electrons. The Hall–Kier alpha value is -3.66. The second-order valence-electron chi connectivity index (χ2n) is 8.94. The van der Waals surface area contributed by atoms with Crippen LogP contribution in [0.4, 0.5) is 5.69 Å². The number of hydrogen-bond donors (Lipinski definition) is 1. The first-order chi connectivity index (χ1) is 14.9. The Bertz CT molecular complexity index is 1320. The number of nitrogens with two attached hydrogens (primary N) is 1. The maximum Gasteiger partial charge on any atom is 0.164 e. The molecule has 1 aliphatic rings. The standard InChI is InChI=1S/C24H25N7/c1-16-13-30-8-5-17(9-22(30)28-16)23-19(10-20(26)21(11-25)29-23)18-12-27-31(14-18)15-24(2)6-3-4-7-24/h5,8-10,12-14H,3-4,6-7,15,26H2,1-2H3. The summed E-state index contributed by atoms with van der Waals surface area (Å²) in [5.41, 5.74) is 12.2. The summed E-state index contributed by atoms with van der Waals surface area (Å²) in [5, 5.41) is 14.1. The third kappa shape index (κ3) is 3.55. The molecule has 0 aliphatic heterocycles. The Morgan fingerprint density at radius 1 is 1.16 bits per heavy atom. The van der Waals surface area contributed by atoms with Crippen molar-refractivity contribution in [3.63, 3.8) is 0 Å². The number of rotatable bonds is 4. The first-order valence-electron chi connectivity index (χ1n) is 10.6. The number of aromatic nitrogens is 5. The molecule has 0 bridgehead atoms. The first-order valence-corrected chi connectivity index (χ1v) is 10.6. The van der Waals surface area contributed by atoms with Gasteiger partial charge in [-0.15, -0.1) is 0 Å². The maximum atomic E-state index is 9.49. The molecule has 7 nitrogen and oxygen atoms in total. The molecule has 4 heterocycles. The van der Waals surface area contributed by atoms with Crippen molar-refractivity contribution in [3.8, 4) is 28.5 Å². The number of hydrogen-bond acceptors (Lipinski definition) is 5. The smallest absolute Gasteiger partial charge is 0.164 e. The molecule has 0 spiro atoms. The summed E-state index contributed by atoms with van der Waals surface area (Å²) in [4.78, 5) is 9.18. The van der Waals surface area contributed by atoms with Gasteiger partial charge in [0.25, 0.3) is 0 Å². The van der Waals surface area contributed by atoms with E-state index in [1.165, 1.54) is 25.7 Å².